The predicted molar refractivity (Wildman–Crippen MR) is 131 cm³/mol. The highest BCUT2D eigenvalue weighted by Gasteiger charge is 2.25. The largest absolute Gasteiger partial charge is 0.495 e. The molecule has 0 radical (unpaired) electrons. The van der Waals surface area contributed by atoms with E-state index >= 15 is 0 Å². The summed E-state index contributed by atoms with van der Waals surface area (Å²) in [7, 11) is -2.43. The Morgan fingerprint density at radius 2 is 1.68 bits per heavy atom. The molecule has 4 aromatic rings. The first-order chi connectivity index (χ1) is 16.4. The summed E-state index contributed by atoms with van der Waals surface area (Å²) in [5.41, 5.74) is 1.77. The van der Waals surface area contributed by atoms with E-state index in [-0.39, 0.29) is 22.8 Å². The second kappa shape index (κ2) is 9.80. The molecule has 8 nitrogen and oxygen atoms in total. The van der Waals surface area contributed by atoms with Crippen molar-refractivity contribution >= 4 is 27.3 Å². The van der Waals surface area contributed by atoms with Gasteiger partial charge in [0.15, 0.2) is 5.69 Å². The van der Waals surface area contributed by atoms with Crippen molar-refractivity contribution in [1.29, 1.82) is 0 Å². The van der Waals surface area contributed by atoms with Gasteiger partial charge in [-0.05, 0) is 55.5 Å². The van der Waals surface area contributed by atoms with Crippen LogP contribution in [0, 0.1) is 0 Å². The second-order valence-electron chi connectivity index (χ2n) is 7.30. The quantitative estimate of drug-likeness (QED) is 0.408. The summed E-state index contributed by atoms with van der Waals surface area (Å²) in [5.74, 6) is -0.157. The minimum Gasteiger partial charge on any atom is -0.495 e. The lowest BCUT2D eigenvalue weighted by Gasteiger charge is -2.23. The molecule has 0 aliphatic carbocycles. The zero-order valence-electron chi connectivity index (χ0n) is 18.8. The number of para-hydroxylation sites is 2. The van der Waals surface area contributed by atoms with Gasteiger partial charge in [-0.2, -0.15) is 5.10 Å². The SMILES string of the molecule is CCN(c1ccccc1)S(=O)(=O)c1ccc(OC)c(NC(=O)c2ccn(-c3ccccc3)n2)c1. The Kier molecular flexibility index (Phi) is 6.65. The Labute approximate surface area is 198 Å². The van der Waals surface area contributed by atoms with E-state index < -0.39 is 15.9 Å². The van der Waals surface area contributed by atoms with Crippen molar-refractivity contribution in [3.63, 3.8) is 0 Å². The molecule has 0 saturated heterocycles. The molecule has 1 amide bonds. The van der Waals surface area contributed by atoms with Crippen molar-refractivity contribution in [1.82, 2.24) is 9.78 Å². The molecular weight excluding hydrogens is 452 g/mol. The van der Waals surface area contributed by atoms with Gasteiger partial charge < -0.3 is 10.1 Å². The maximum Gasteiger partial charge on any atom is 0.276 e. The maximum atomic E-state index is 13.4. The van der Waals surface area contributed by atoms with Gasteiger partial charge in [-0.1, -0.05) is 36.4 Å². The first-order valence-electron chi connectivity index (χ1n) is 10.6. The van der Waals surface area contributed by atoms with Crippen molar-refractivity contribution in [2.75, 3.05) is 23.3 Å². The first kappa shape index (κ1) is 23.1. The van der Waals surface area contributed by atoms with Crippen LogP contribution in [-0.4, -0.2) is 37.8 Å². The van der Waals surface area contributed by atoms with Gasteiger partial charge in [0.2, 0.25) is 0 Å². The summed E-state index contributed by atoms with van der Waals surface area (Å²) in [6.45, 7) is 2.01. The molecule has 0 spiro atoms. The number of hydrogen-bond donors (Lipinski definition) is 1. The second-order valence-corrected chi connectivity index (χ2v) is 9.16. The third-order valence-electron chi connectivity index (χ3n) is 5.18. The van der Waals surface area contributed by atoms with Crippen LogP contribution in [0.2, 0.25) is 0 Å². The molecule has 0 aliphatic heterocycles. The fourth-order valence-corrected chi connectivity index (χ4v) is 5.01. The molecule has 1 heterocycles. The molecular formula is C25H24N4O4S. The third-order valence-corrected chi connectivity index (χ3v) is 7.08. The molecule has 1 aromatic heterocycles. The van der Waals surface area contributed by atoms with Gasteiger partial charge in [0.1, 0.15) is 5.75 Å². The van der Waals surface area contributed by atoms with E-state index in [1.165, 1.54) is 29.6 Å². The number of benzene rings is 3. The number of anilines is 2. The molecule has 0 aliphatic rings. The van der Waals surface area contributed by atoms with Crippen LogP contribution < -0.4 is 14.4 Å². The molecule has 0 fully saturated rings. The lowest BCUT2D eigenvalue weighted by molar-refractivity contribution is 0.102. The topological polar surface area (TPSA) is 93.5 Å². The normalized spacial score (nSPS) is 11.1. The van der Waals surface area contributed by atoms with E-state index in [1.54, 1.807) is 48.1 Å². The molecule has 0 unspecified atom stereocenters. The molecule has 3 aromatic carbocycles. The van der Waals surface area contributed by atoms with Crippen LogP contribution >= 0.6 is 0 Å². The van der Waals surface area contributed by atoms with E-state index in [0.717, 1.165) is 5.69 Å². The predicted octanol–water partition coefficient (Wildman–Crippen LogP) is 4.35. The zero-order chi connectivity index (χ0) is 24.1. The smallest absolute Gasteiger partial charge is 0.276 e. The summed E-state index contributed by atoms with van der Waals surface area (Å²) < 4.78 is 35.0. The summed E-state index contributed by atoms with van der Waals surface area (Å²) in [6, 6.07) is 24.2. The standard InChI is InChI=1S/C25H24N4O4S/c1-3-29(20-12-8-5-9-13-20)34(31,32)21-14-15-24(33-2)23(18-21)26-25(30)22-16-17-28(27-22)19-10-6-4-7-11-19/h4-18H,3H2,1-2H3,(H,26,30). The van der Waals surface area contributed by atoms with Gasteiger partial charge in [0, 0.05) is 12.7 Å². The number of nitrogens with one attached hydrogen (secondary N) is 1. The lowest BCUT2D eigenvalue weighted by Crippen LogP contribution is -2.30. The van der Waals surface area contributed by atoms with Crippen LogP contribution in [0.3, 0.4) is 0 Å². The summed E-state index contributed by atoms with van der Waals surface area (Å²) in [5, 5.41) is 7.05. The summed E-state index contributed by atoms with van der Waals surface area (Å²) >= 11 is 0. The number of ether oxygens (including phenoxy) is 1. The van der Waals surface area contributed by atoms with Gasteiger partial charge >= 0.3 is 0 Å². The van der Waals surface area contributed by atoms with E-state index in [4.69, 9.17) is 4.74 Å². The van der Waals surface area contributed by atoms with Gasteiger partial charge in [-0.3, -0.25) is 9.10 Å². The molecule has 0 atom stereocenters. The lowest BCUT2D eigenvalue weighted by atomic mass is 10.2. The highest BCUT2D eigenvalue weighted by atomic mass is 32.2. The number of rotatable bonds is 8. The average Bonchev–Trinajstić information content (AvgIpc) is 3.36. The fourth-order valence-electron chi connectivity index (χ4n) is 3.51. The van der Waals surface area contributed by atoms with E-state index in [0.29, 0.717) is 11.4 Å². The monoisotopic (exact) mass is 476 g/mol. The van der Waals surface area contributed by atoms with Crippen LogP contribution in [0.4, 0.5) is 11.4 Å². The number of sulfonamides is 1. The molecule has 1 N–H and O–H groups in total. The number of aromatic nitrogens is 2. The van der Waals surface area contributed by atoms with Gasteiger partial charge in [0.25, 0.3) is 15.9 Å². The molecule has 4 rings (SSSR count). The zero-order valence-corrected chi connectivity index (χ0v) is 19.6. The minimum atomic E-state index is -3.88. The summed E-state index contributed by atoms with van der Waals surface area (Å²) in [4.78, 5) is 12.9. The van der Waals surface area contributed by atoms with Crippen molar-refractivity contribution in [3.05, 3.63) is 96.8 Å². The Morgan fingerprint density at radius 1 is 1.00 bits per heavy atom. The van der Waals surface area contributed by atoms with Crippen LogP contribution in [0.15, 0.2) is 96.0 Å². The molecule has 9 heteroatoms. The number of carbonyl (C=O) groups excluding carboxylic acids is 1. The third kappa shape index (κ3) is 4.65. The number of nitrogens with zero attached hydrogens (tertiary/aromatic N) is 3. The number of carbonyl (C=O) groups is 1. The molecule has 0 bridgehead atoms. The van der Waals surface area contributed by atoms with Crippen molar-refractivity contribution < 1.29 is 17.9 Å². The number of amides is 1. The Hall–Kier alpha value is -4.11. The number of hydrogen-bond acceptors (Lipinski definition) is 5. The maximum absolute atomic E-state index is 13.4. The Balaban J connectivity index is 1.63. The van der Waals surface area contributed by atoms with Crippen LogP contribution in [-0.2, 0) is 10.0 Å². The van der Waals surface area contributed by atoms with E-state index in [1.807, 2.05) is 36.4 Å². The van der Waals surface area contributed by atoms with E-state index in [9.17, 15) is 13.2 Å². The van der Waals surface area contributed by atoms with Crippen molar-refractivity contribution in [2.24, 2.45) is 0 Å². The molecule has 0 saturated carbocycles. The average molecular weight is 477 g/mol. The number of methoxy groups -OCH3 is 1. The van der Waals surface area contributed by atoms with E-state index in [2.05, 4.69) is 10.4 Å². The highest BCUT2D eigenvalue weighted by Crippen LogP contribution is 2.31. The molecule has 174 valence electrons. The Bertz CT molecular complexity index is 1390. The minimum absolute atomic E-state index is 0.0316. The van der Waals surface area contributed by atoms with Gasteiger partial charge in [0.05, 0.1) is 29.1 Å². The molecule has 34 heavy (non-hydrogen) atoms. The van der Waals surface area contributed by atoms with Gasteiger partial charge in [-0.15, -0.1) is 0 Å². The Morgan fingerprint density at radius 3 is 2.32 bits per heavy atom. The van der Waals surface area contributed by atoms with Gasteiger partial charge in [-0.25, -0.2) is 13.1 Å². The van der Waals surface area contributed by atoms with Crippen molar-refractivity contribution in [3.8, 4) is 11.4 Å². The van der Waals surface area contributed by atoms with Crippen LogP contribution in [0.1, 0.15) is 17.4 Å². The first-order valence-corrected chi connectivity index (χ1v) is 12.1. The fraction of sp³-hybridized carbons (Fsp3) is 0.120. The summed E-state index contributed by atoms with van der Waals surface area (Å²) in [6.07, 6.45) is 1.68. The van der Waals surface area contributed by atoms with Crippen molar-refractivity contribution in [2.45, 2.75) is 11.8 Å². The van der Waals surface area contributed by atoms with Crippen LogP contribution in [0.5, 0.6) is 5.75 Å². The highest BCUT2D eigenvalue weighted by molar-refractivity contribution is 7.92. The van der Waals surface area contributed by atoms with Crippen LogP contribution in [0.25, 0.3) is 5.69 Å².